The van der Waals surface area contributed by atoms with Gasteiger partial charge in [-0.1, -0.05) is 29.6 Å². The van der Waals surface area contributed by atoms with E-state index in [4.69, 9.17) is 49.3 Å². The van der Waals surface area contributed by atoms with E-state index in [9.17, 15) is 13.9 Å². The Morgan fingerprint density at radius 2 is 1.64 bits per heavy atom. The Balaban J connectivity index is 1.18. The Morgan fingerprint density at radius 3 is 2.38 bits per heavy atom. The van der Waals surface area contributed by atoms with Crippen LogP contribution in [0.25, 0.3) is 32.8 Å². The number of rotatable bonds is 7. The van der Waals surface area contributed by atoms with Crippen molar-refractivity contribution in [2.45, 2.75) is 55.6 Å². The van der Waals surface area contributed by atoms with E-state index in [0.29, 0.717) is 5.52 Å². The summed E-state index contributed by atoms with van der Waals surface area (Å²) in [4.78, 5) is 36.4. The van der Waals surface area contributed by atoms with Crippen molar-refractivity contribution in [1.82, 2.24) is 39.4 Å². The zero-order chi connectivity index (χ0) is 37.5. The lowest BCUT2D eigenvalue weighted by molar-refractivity contribution is -0.0560. The van der Waals surface area contributed by atoms with Crippen molar-refractivity contribution in [1.29, 1.82) is 0 Å². The molecule has 0 aromatic carbocycles. The summed E-state index contributed by atoms with van der Waals surface area (Å²) in [5.74, 6) is 0.0383. The van der Waals surface area contributed by atoms with E-state index in [2.05, 4.69) is 64.8 Å². The third kappa shape index (κ3) is 7.75. The molecule has 4 aromatic rings. The number of ether oxygens (including phenoxy) is 3. The third-order valence-electron chi connectivity index (χ3n) is 8.30. The predicted octanol–water partition coefficient (Wildman–Crippen LogP) is 3.26. The van der Waals surface area contributed by atoms with Crippen molar-refractivity contribution >= 4 is 78.0 Å². The van der Waals surface area contributed by atoms with Crippen LogP contribution in [0.5, 0.6) is 0 Å². The van der Waals surface area contributed by atoms with Crippen molar-refractivity contribution in [2.24, 2.45) is 5.11 Å². The van der Waals surface area contributed by atoms with Crippen molar-refractivity contribution in [3.8, 4) is 0 Å². The number of alkyl halides is 1. The first-order valence-corrected chi connectivity index (χ1v) is 21.0. The van der Waals surface area contributed by atoms with Crippen LogP contribution in [0.1, 0.15) is 18.9 Å². The topological polar surface area (TPSA) is 303 Å². The number of azide groups is 1. The van der Waals surface area contributed by atoms with Crippen molar-refractivity contribution in [3.05, 3.63) is 41.7 Å². The molecule has 3 fully saturated rings. The van der Waals surface area contributed by atoms with Gasteiger partial charge in [0.05, 0.1) is 31.6 Å². The molecule has 0 bridgehead atoms. The van der Waals surface area contributed by atoms with Gasteiger partial charge in [-0.05, 0) is 18.0 Å². The molecule has 1 unspecified atom stereocenters. The number of carbonyl (C=O) groups is 1. The minimum Gasteiger partial charge on any atom is -0.438 e. The lowest BCUT2D eigenvalue weighted by Gasteiger charge is -2.29. The number of anilines is 2. The van der Waals surface area contributed by atoms with E-state index in [-0.39, 0.29) is 47.8 Å². The number of amides is 1. The zero-order valence-corrected chi connectivity index (χ0v) is 30.5. The van der Waals surface area contributed by atoms with E-state index in [1.54, 1.807) is 0 Å². The monoisotopic (exact) mass is 817 g/mol. The molecule has 4 aromatic heterocycles. The Labute approximate surface area is 307 Å². The van der Waals surface area contributed by atoms with Crippen LogP contribution in [0.3, 0.4) is 0 Å². The van der Waals surface area contributed by atoms with Crippen LogP contribution in [0.4, 0.5) is 20.7 Å². The Hall–Kier alpha value is -3.80. The molecule has 1 amide bonds. The van der Waals surface area contributed by atoms with Gasteiger partial charge in [0.1, 0.15) is 41.8 Å². The summed E-state index contributed by atoms with van der Waals surface area (Å²) in [6.07, 6.45) is -7.68. The van der Waals surface area contributed by atoms with Crippen LogP contribution in [0.15, 0.2) is 36.4 Å². The highest BCUT2D eigenvalue weighted by Gasteiger charge is 2.55. The molecule has 7 rings (SSSR count). The predicted molar refractivity (Wildman–Crippen MR) is 186 cm³/mol. The average molecular weight is 818 g/mol. The van der Waals surface area contributed by atoms with Gasteiger partial charge in [-0.3, -0.25) is 27.2 Å². The van der Waals surface area contributed by atoms with Crippen molar-refractivity contribution in [3.63, 3.8) is 0 Å². The molecule has 5 N–H and O–H groups in total. The summed E-state index contributed by atoms with van der Waals surface area (Å²) < 4.78 is 86.9. The smallest absolute Gasteiger partial charge is 0.407 e. The molecular formula is C25H30FN13O10P2S2. The third-order valence-corrected chi connectivity index (χ3v) is 11.5. The second-order valence-corrected chi connectivity index (χ2v) is 17.4. The molecule has 7 heterocycles. The molecule has 53 heavy (non-hydrogen) atoms. The van der Waals surface area contributed by atoms with Gasteiger partial charge in [-0.15, -0.1) is 0 Å². The first-order valence-electron chi connectivity index (χ1n) is 15.6. The number of imidazole rings is 2. The van der Waals surface area contributed by atoms with E-state index < -0.39 is 82.0 Å². The minimum absolute atomic E-state index is 0.0383. The highest BCUT2D eigenvalue weighted by Crippen LogP contribution is 2.60. The first-order chi connectivity index (χ1) is 25.4. The SMILES string of the molecule is [N-]=[N+]=NCCCNC(=O)O[C@@H]1[C@@H]2OP(=O)(S)OC[C@H]3O[C@@H](n4cnc5c(N)ncnc54)[C@H](F)[C@@H]3O[P@](=O)(S)OC[C@H]2O[C@H]1n1cnc2c(N)ccnc21. The fourth-order valence-electron chi connectivity index (χ4n) is 5.95. The molecule has 0 spiro atoms. The fraction of sp³-hybridized carbons (Fsp3) is 0.520. The highest BCUT2D eigenvalue weighted by molar-refractivity contribution is 8.44. The number of halogens is 1. The standard InChI is InChI=1S/C25H30FN13O10P2S2/c26-14-17-12(45-23(14)38-10-35-16-20(28)32-8-33-22(16)38)6-43-51(42,53)49-18-13(7-44-50(41,52)48-17)46-24(19(18)47-25(40)31-3-1-4-36-37-29)39-9-34-15-11(27)2-5-30-21(15)39/h2,5,8-10,12-14,17-19,23-24H,1,3-4,6-7H2,(H2,27,30)(H,31,40)(H,41,52)(H,42,53)(H2,28,32,33)/t12-,13-,14-,17-,18-,19-,23-,24-,50-,51?/m1/s1. The van der Waals surface area contributed by atoms with Gasteiger partial charge in [-0.25, -0.2) is 43.2 Å². The van der Waals surface area contributed by atoms with Crippen molar-refractivity contribution < 1.29 is 50.6 Å². The second-order valence-electron chi connectivity index (χ2n) is 11.7. The van der Waals surface area contributed by atoms with Crippen LogP contribution in [0.2, 0.25) is 0 Å². The van der Waals surface area contributed by atoms with Gasteiger partial charge in [0, 0.05) is 24.2 Å². The van der Waals surface area contributed by atoms with Gasteiger partial charge in [-0.2, -0.15) is 0 Å². The molecule has 284 valence electrons. The van der Waals surface area contributed by atoms with E-state index in [1.807, 2.05) is 0 Å². The van der Waals surface area contributed by atoms with Gasteiger partial charge in [0.2, 0.25) is 0 Å². The number of alkyl carbamates (subject to hydrolysis) is 1. The normalized spacial score (nSPS) is 33.3. The largest absolute Gasteiger partial charge is 0.438 e. The van der Waals surface area contributed by atoms with E-state index in [0.717, 1.165) is 6.33 Å². The van der Waals surface area contributed by atoms with Gasteiger partial charge in [0.15, 0.2) is 41.8 Å². The number of hydrogen-bond donors (Lipinski definition) is 5. The number of aromatic nitrogens is 7. The summed E-state index contributed by atoms with van der Waals surface area (Å²) in [6.45, 7) is -10.1. The van der Waals surface area contributed by atoms with Gasteiger partial charge >= 0.3 is 19.7 Å². The summed E-state index contributed by atoms with van der Waals surface area (Å²) in [5.41, 5.74) is 21.6. The molecule has 3 aliphatic rings. The molecular weight excluding hydrogens is 787 g/mol. The summed E-state index contributed by atoms with van der Waals surface area (Å²) >= 11 is 8.24. The van der Waals surface area contributed by atoms with Crippen LogP contribution in [0, 0.1) is 0 Å². The Morgan fingerprint density at radius 1 is 1.00 bits per heavy atom. The maximum Gasteiger partial charge on any atom is 0.407 e. The number of hydrogen-bond acceptors (Lipinski definition) is 18. The number of nitrogen functional groups attached to an aromatic ring is 2. The molecule has 10 atom stereocenters. The first kappa shape index (κ1) is 37.5. The molecule has 28 heteroatoms. The fourth-order valence-corrected chi connectivity index (χ4v) is 8.92. The summed E-state index contributed by atoms with van der Waals surface area (Å²) in [7, 11) is 0. The number of fused-ring (bicyclic) bond motifs is 4. The van der Waals surface area contributed by atoms with Crippen LogP contribution in [-0.2, 0) is 41.4 Å². The van der Waals surface area contributed by atoms with Gasteiger partial charge < -0.3 is 31.0 Å². The zero-order valence-electron chi connectivity index (χ0n) is 26.9. The molecule has 3 aliphatic heterocycles. The van der Waals surface area contributed by atoms with Crippen LogP contribution in [-0.4, -0.2) is 103 Å². The molecule has 23 nitrogen and oxygen atoms in total. The maximum atomic E-state index is 16.2. The lowest BCUT2D eigenvalue weighted by Crippen LogP contribution is -2.41. The van der Waals surface area contributed by atoms with Crippen LogP contribution >= 0.6 is 38.1 Å². The quantitative estimate of drug-likeness (QED) is 0.0446. The maximum absolute atomic E-state index is 16.2. The number of nitrogens with two attached hydrogens (primary N) is 2. The number of nitrogens with one attached hydrogen (secondary N) is 1. The Kier molecular flexibility index (Phi) is 10.7. The molecule has 0 radical (unpaired) electrons. The summed E-state index contributed by atoms with van der Waals surface area (Å²) in [6, 6.07) is 1.53. The van der Waals surface area contributed by atoms with Crippen LogP contribution < -0.4 is 16.8 Å². The van der Waals surface area contributed by atoms with Gasteiger partial charge in [0.25, 0.3) is 0 Å². The lowest BCUT2D eigenvalue weighted by atomic mass is 10.1. The summed E-state index contributed by atoms with van der Waals surface area (Å²) in [5, 5.41) is 5.93. The number of nitrogens with zero attached hydrogens (tertiary/aromatic N) is 10. The second kappa shape index (κ2) is 15.1. The van der Waals surface area contributed by atoms with Crippen molar-refractivity contribution in [2.75, 3.05) is 37.8 Å². The number of carbonyl (C=O) groups excluding carboxylic acids is 1. The van der Waals surface area contributed by atoms with E-state index in [1.165, 1.54) is 34.1 Å². The average Bonchev–Trinajstić information content (AvgIpc) is 3.88. The number of thiol groups is 2. The Bertz CT molecular complexity index is 2160. The molecule has 3 saturated heterocycles. The molecule has 0 aliphatic carbocycles. The number of pyridine rings is 1. The molecule has 0 saturated carbocycles. The highest BCUT2D eigenvalue weighted by atomic mass is 32.7. The minimum atomic E-state index is -4.47. The van der Waals surface area contributed by atoms with E-state index >= 15 is 4.39 Å².